The number of nitrogens with zero attached hydrogens (tertiary/aromatic N) is 4. The lowest BCUT2D eigenvalue weighted by molar-refractivity contribution is 0.196. The number of aromatic nitrogens is 3. The quantitative estimate of drug-likeness (QED) is 0.868. The molecule has 6 heteroatoms. The second kappa shape index (κ2) is 6.19. The van der Waals surface area contributed by atoms with Gasteiger partial charge in [-0.05, 0) is 20.4 Å². The van der Waals surface area contributed by atoms with E-state index in [1.165, 1.54) is 0 Å². The highest BCUT2D eigenvalue weighted by atomic mass is 16.5. The number of hydrogen-bond donors (Lipinski definition) is 1. The number of likely N-dealkylation sites (N-methyl/N-ethyl adjacent to an activating group) is 1. The van der Waals surface area contributed by atoms with Crippen LogP contribution >= 0.6 is 0 Å². The number of nitrogens with two attached hydrogens (primary N) is 1. The molecule has 0 spiro atoms. The molecule has 2 unspecified atom stereocenters. The first kappa shape index (κ1) is 14.7. The van der Waals surface area contributed by atoms with Gasteiger partial charge in [0.25, 0.3) is 0 Å². The Morgan fingerprint density at radius 1 is 1.50 bits per heavy atom. The van der Waals surface area contributed by atoms with E-state index in [0.29, 0.717) is 6.54 Å². The molecule has 2 aromatic rings. The summed E-state index contributed by atoms with van der Waals surface area (Å²) in [5, 5.41) is 8.29. The average Bonchev–Trinajstić information content (AvgIpc) is 2.99. The van der Waals surface area contributed by atoms with E-state index in [9.17, 15) is 0 Å². The molecule has 0 aromatic carbocycles. The first-order valence-electron chi connectivity index (χ1n) is 6.87. The SMILES string of the molecule is CCC(N)C(c1cnn(C)c1)N(C)Cc1cc(C)on1. The minimum Gasteiger partial charge on any atom is -0.361 e. The number of aryl methyl sites for hydroxylation is 2. The predicted molar refractivity (Wildman–Crippen MR) is 76.9 cm³/mol. The van der Waals surface area contributed by atoms with Gasteiger partial charge in [-0.1, -0.05) is 12.1 Å². The summed E-state index contributed by atoms with van der Waals surface area (Å²) in [6.07, 6.45) is 4.80. The largest absolute Gasteiger partial charge is 0.361 e. The van der Waals surface area contributed by atoms with E-state index in [4.69, 9.17) is 10.3 Å². The summed E-state index contributed by atoms with van der Waals surface area (Å²) in [5.41, 5.74) is 8.34. The third kappa shape index (κ3) is 3.26. The Bertz CT molecular complexity index is 547. The van der Waals surface area contributed by atoms with Crippen LogP contribution in [0.3, 0.4) is 0 Å². The van der Waals surface area contributed by atoms with Gasteiger partial charge in [0.15, 0.2) is 0 Å². The third-order valence-corrected chi connectivity index (χ3v) is 3.51. The van der Waals surface area contributed by atoms with Gasteiger partial charge in [0.1, 0.15) is 5.76 Å². The van der Waals surface area contributed by atoms with Gasteiger partial charge in [0, 0.05) is 37.5 Å². The fraction of sp³-hybridized carbons (Fsp3) is 0.571. The molecule has 0 radical (unpaired) electrons. The van der Waals surface area contributed by atoms with Crippen molar-refractivity contribution in [2.24, 2.45) is 12.8 Å². The highest BCUT2D eigenvalue weighted by Gasteiger charge is 2.25. The zero-order valence-electron chi connectivity index (χ0n) is 12.6. The lowest BCUT2D eigenvalue weighted by atomic mass is 9.99. The molecule has 6 nitrogen and oxygen atoms in total. The summed E-state index contributed by atoms with van der Waals surface area (Å²) < 4.78 is 6.92. The van der Waals surface area contributed by atoms with Crippen molar-refractivity contribution in [1.29, 1.82) is 0 Å². The van der Waals surface area contributed by atoms with Crippen LogP contribution in [0.2, 0.25) is 0 Å². The molecule has 0 amide bonds. The van der Waals surface area contributed by atoms with Gasteiger partial charge in [0.2, 0.25) is 0 Å². The number of rotatable bonds is 6. The summed E-state index contributed by atoms with van der Waals surface area (Å²) in [6.45, 7) is 4.69. The van der Waals surface area contributed by atoms with Crippen molar-refractivity contribution in [3.8, 4) is 0 Å². The monoisotopic (exact) mass is 277 g/mol. The molecule has 0 saturated heterocycles. The normalized spacial score (nSPS) is 14.7. The molecule has 2 aromatic heterocycles. The summed E-state index contributed by atoms with van der Waals surface area (Å²) >= 11 is 0. The molecule has 2 atom stereocenters. The van der Waals surface area contributed by atoms with Gasteiger partial charge in [-0.3, -0.25) is 9.58 Å². The van der Waals surface area contributed by atoms with Crippen LogP contribution in [-0.2, 0) is 13.6 Å². The van der Waals surface area contributed by atoms with Crippen LogP contribution in [0.4, 0.5) is 0 Å². The molecule has 0 fully saturated rings. The maximum Gasteiger partial charge on any atom is 0.133 e. The molecule has 20 heavy (non-hydrogen) atoms. The van der Waals surface area contributed by atoms with Crippen LogP contribution in [0.15, 0.2) is 23.0 Å². The third-order valence-electron chi connectivity index (χ3n) is 3.51. The van der Waals surface area contributed by atoms with E-state index in [2.05, 4.69) is 29.1 Å². The lowest BCUT2D eigenvalue weighted by Crippen LogP contribution is -2.38. The van der Waals surface area contributed by atoms with E-state index in [1.807, 2.05) is 32.4 Å². The summed E-state index contributed by atoms with van der Waals surface area (Å²) in [7, 11) is 3.97. The van der Waals surface area contributed by atoms with Crippen molar-refractivity contribution in [3.63, 3.8) is 0 Å². The minimum atomic E-state index is 0.0530. The molecule has 2 rings (SSSR count). The Kier molecular flexibility index (Phi) is 4.57. The number of hydrogen-bond acceptors (Lipinski definition) is 5. The van der Waals surface area contributed by atoms with Crippen molar-refractivity contribution < 1.29 is 4.52 Å². The first-order chi connectivity index (χ1) is 9.51. The van der Waals surface area contributed by atoms with Gasteiger partial charge in [-0.25, -0.2) is 0 Å². The minimum absolute atomic E-state index is 0.0530. The maximum atomic E-state index is 6.30. The topological polar surface area (TPSA) is 73.1 Å². The fourth-order valence-corrected chi connectivity index (χ4v) is 2.49. The van der Waals surface area contributed by atoms with Crippen LogP contribution in [0, 0.1) is 6.92 Å². The van der Waals surface area contributed by atoms with E-state index >= 15 is 0 Å². The highest BCUT2D eigenvalue weighted by Crippen LogP contribution is 2.25. The van der Waals surface area contributed by atoms with Gasteiger partial charge in [-0.2, -0.15) is 5.10 Å². The lowest BCUT2D eigenvalue weighted by Gasteiger charge is -2.31. The Balaban J connectivity index is 2.17. The fourth-order valence-electron chi connectivity index (χ4n) is 2.49. The molecular formula is C14H23N5O. The van der Waals surface area contributed by atoms with Crippen LogP contribution in [0.25, 0.3) is 0 Å². The van der Waals surface area contributed by atoms with Crippen LogP contribution in [0.1, 0.15) is 36.4 Å². The zero-order valence-corrected chi connectivity index (χ0v) is 12.6. The van der Waals surface area contributed by atoms with Crippen LogP contribution < -0.4 is 5.73 Å². The van der Waals surface area contributed by atoms with Crippen molar-refractivity contribution in [1.82, 2.24) is 19.8 Å². The van der Waals surface area contributed by atoms with Crippen molar-refractivity contribution >= 4 is 0 Å². The molecule has 0 bridgehead atoms. The summed E-state index contributed by atoms with van der Waals surface area (Å²) in [6, 6.07) is 2.12. The Morgan fingerprint density at radius 2 is 2.25 bits per heavy atom. The molecule has 0 aliphatic rings. The highest BCUT2D eigenvalue weighted by molar-refractivity contribution is 5.14. The maximum absolute atomic E-state index is 6.30. The van der Waals surface area contributed by atoms with Gasteiger partial charge in [0.05, 0.1) is 17.9 Å². The molecule has 0 aliphatic heterocycles. The van der Waals surface area contributed by atoms with E-state index < -0.39 is 0 Å². The van der Waals surface area contributed by atoms with Crippen LogP contribution in [-0.4, -0.2) is 32.9 Å². The zero-order chi connectivity index (χ0) is 14.7. The van der Waals surface area contributed by atoms with Gasteiger partial charge >= 0.3 is 0 Å². The Morgan fingerprint density at radius 3 is 2.75 bits per heavy atom. The predicted octanol–water partition coefficient (Wildman–Crippen LogP) is 1.63. The molecule has 2 N–H and O–H groups in total. The first-order valence-corrected chi connectivity index (χ1v) is 6.87. The van der Waals surface area contributed by atoms with E-state index in [-0.39, 0.29) is 12.1 Å². The average molecular weight is 277 g/mol. The van der Waals surface area contributed by atoms with Crippen molar-refractivity contribution in [3.05, 3.63) is 35.5 Å². The van der Waals surface area contributed by atoms with Gasteiger partial charge in [-0.15, -0.1) is 0 Å². The summed E-state index contributed by atoms with van der Waals surface area (Å²) in [4.78, 5) is 2.20. The molecule has 110 valence electrons. The summed E-state index contributed by atoms with van der Waals surface area (Å²) in [5.74, 6) is 0.825. The smallest absolute Gasteiger partial charge is 0.133 e. The van der Waals surface area contributed by atoms with Gasteiger partial charge < -0.3 is 10.3 Å². The Labute approximate surface area is 119 Å². The van der Waals surface area contributed by atoms with Crippen LogP contribution in [0.5, 0.6) is 0 Å². The molecule has 0 saturated carbocycles. The molecule has 2 heterocycles. The van der Waals surface area contributed by atoms with Crippen molar-refractivity contribution in [2.45, 2.75) is 38.9 Å². The Hall–Kier alpha value is -1.66. The molecular weight excluding hydrogens is 254 g/mol. The molecule has 0 aliphatic carbocycles. The van der Waals surface area contributed by atoms with E-state index in [1.54, 1.807) is 4.68 Å². The second-order valence-corrected chi connectivity index (χ2v) is 5.31. The van der Waals surface area contributed by atoms with E-state index in [0.717, 1.165) is 23.4 Å². The standard InChI is InChI=1S/C14H23N5O/c1-5-13(15)14(11-7-16-19(4)8-11)18(3)9-12-6-10(2)20-17-12/h6-8,13-14H,5,9,15H2,1-4H3. The second-order valence-electron chi connectivity index (χ2n) is 5.31. The van der Waals surface area contributed by atoms with Crippen molar-refractivity contribution in [2.75, 3.05) is 7.05 Å².